The number of carbonyl (C=O) groups is 1. The molecule has 1 aromatic carbocycles. The maximum atomic E-state index is 13.0. The molecule has 1 aliphatic heterocycles. The monoisotopic (exact) mass is 387 g/mol. The Morgan fingerprint density at radius 3 is 2.52 bits per heavy atom. The standard InChI is InChI=1S/C23H25N5O/c1-2-18-7-3-4-8-20(18)21-10-9-19(17-26-21)22(29)27-13-6-14-28(16-15-27)23-24-11-5-12-25-23/h3-5,7-12,17H,2,6,13-16H2,1H3. The predicted octanol–water partition coefficient (Wildman–Crippen LogP) is 3.45. The average molecular weight is 387 g/mol. The summed E-state index contributed by atoms with van der Waals surface area (Å²) in [6.45, 7) is 5.09. The van der Waals surface area contributed by atoms with E-state index in [0.29, 0.717) is 12.1 Å². The second kappa shape index (κ2) is 8.82. The van der Waals surface area contributed by atoms with Crippen molar-refractivity contribution >= 4 is 11.9 Å². The molecule has 1 aliphatic rings. The van der Waals surface area contributed by atoms with Crippen LogP contribution in [-0.4, -0.2) is 51.9 Å². The molecule has 4 rings (SSSR count). The van der Waals surface area contributed by atoms with Gasteiger partial charge in [0.05, 0.1) is 11.3 Å². The first kappa shape index (κ1) is 19.1. The zero-order chi connectivity index (χ0) is 20.1. The molecule has 0 bridgehead atoms. The Labute approximate surface area is 171 Å². The minimum atomic E-state index is 0.0312. The van der Waals surface area contributed by atoms with Crippen molar-refractivity contribution in [2.24, 2.45) is 0 Å². The number of pyridine rings is 1. The number of benzene rings is 1. The van der Waals surface area contributed by atoms with E-state index in [1.54, 1.807) is 18.6 Å². The number of hydrogen-bond acceptors (Lipinski definition) is 5. The Morgan fingerprint density at radius 1 is 0.931 bits per heavy atom. The maximum Gasteiger partial charge on any atom is 0.255 e. The van der Waals surface area contributed by atoms with E-state index in [1.165, 1.54) is 5.56 Å². The van der Waals surface area contributed by atoms with Crippen LogP contribution in [0.15, 0.2) is 61.1 Å². The Kier molecular flexibility index (Phi) is 5.79. The Balaban J connectivity index is 1.46. The van der Waals surface area contributed by atoms with Gasteiger partial charge in [0.15, 0.2) is 0 Å². The largest absolute Gasteiger partial charge is 0.339 e. The highest BCUT2D eigenvalue weighted by molar-refractivity contribution is 5.94. The third-order valence-electron chi connectivity index (χ3n) is 5.30. The van der Waals surface area contributed by atoms with Crippen molar-refractivity contribution in [1.29, 1.82) is 0 Å². The SMILES string of the molecule is CCc1ccccc1-c1ccc(C(=O)N2CCCN(c3ncccn3)CC2)cn1. The lowest BCUT2D eigenvalue weighted by molar-refractivity contribution is 0.0766. The summed E-state index contributed by atoms with van der Waals surface area (Å²) in [5.74, 6) is 0.756. The van der Waals surface area contributed by atoms with Crippen LogP contribution in [0, 0.1) is 0 Å². The van der Waals surface area contributed by atoms with Crippen molar-refractivity contribution in [3.8, 4) is 11.3 Å². The molecule has 3 aromatic rings. The molecule has 1 saturated heterocycles. The molecule has 1 amide bonds. The van der Waals surface area contributed by atoms with Crippen molar-refractivity contribution < 1.29 is 4.79 Å². The van der Waals surface area contributed by atoms with Crippen molar-refractivity contribution in [3.05, 3.63) is 72.2 Å². The lowest BCUT2D eigenvalue weighted by Crippen LogP contribution is -2.35. The van der Waals surface area contributed by atoms with Gasteiger partial charge in [0.1, 0.15) is 0 Å². The molecule has 0 N–H and O–H groups in total. The van der Waals surface area contributed by atoms with Gasteiger partial charge in [-0.05, 0) is 36.6 Å². The predicted molar refractivity (Wildman–Crippen MR) is 114 cm³/mol. The van der Waals surface area contributed by atoms with E-state index in [2.05, 4.69) is 38.9 Å². The minimum Gasteiger partial charge on any atom is -0.339 e. The molecule has 6 nitrogen and oxygen atoms in total. The van der Waals surface area contributed by atoms with Crippen LogP contribution in [0.4, 0.5) is 5.95 Å². The van der Waals surface area contributed by atoms with Crippen LogP contribution in [-0.2, 0) is 6.42 Å². The van der Waals surface area contributed by atoms with Crippen LogP contribution in [0.1, 0.15) is 29.3 Å². The lowest BCUT2D eigenvalue weighted by atomic mass is 10.0. The molecule has 0 radical (unpaired) electrons. The highest BCUT2D eigenvalue weighted by Gasteiger charge is 2.21. The quantitative estimate of drug-likeness (QED) is 0.686. The molecule has 0 aliphatic carbocycles. The van der Waals surface area contributed by atoms with Crippen LogP contribution in [0.3, 0.4) is 0 Å². The first-order valence-electron chi connectivity index (χ1n) is 10.1. The molecular weight excluding hydrogens is 362 g/mol. The first-order chi connectivity index (χ1) is 14.3. The molecule has 0 unspecified atom stereocenters. The van der Waals surface area contributed by atoms with Crippen LogP contribution in [0.5, 0.6) is 0 Å². The molecule has 0 atom stereocenters. The molecule has 1 fully saturated rings. The van der Waals surface area contributed by atoms with E-state index in [1.807, 2.05) is 35.2 Å². The lowest BCUT2D eigenvalue weighted by Gasteiger charge is -2.22. The Morgan fingerprint density at radius 2 is 1.76 bits per heavy atom. The molecule has 0 saturated carbocycles. The fourth-order valence-electron chi connectivity index (χ4n) is 3.72. The number of nitrogens with zero attached hydrogens (tertiary/aromatic N) is 5. The van der Waals surface area contributed by atoms with Crippen molar-refractivity contribution in [2.45, 2.75) is 19.8 Å². The van der Waals surface area contributed by atoms with E-state index < -0.39 is 0 Å². The number of anilines is 1. The van der Waals surface area contributed by atoms with Crippen LogP contribution < -0.4 is 4.90 Å². The fraction of sp³-hybridized carbons (Fsp3) is 0.304. The summed E-state index contributed by atoms with van der Waals surface area (Å²) < 4.78 is 0. The van der Waals surface area contributed by atoms with Crippen molar-refractivity contribution in [2.75, 3.05) is 31.1 Å². The smallest absolute Gasteiger partial charge is 0.255 e. The molecule has 6 heteroatoms. The number of aryl methyl sites for hydroxylation is 1. The van der Waals surface area contributed by atoms with Gasteiger partial charge in [-0.2, -0.15) is 0 Å². The molecule has 29 heavy (non-hydrogen) atoms. The number of aromatic nitrogens is 3. The summed E-state index contributed by atoms with van der Waals surface area (Å²) in [6.07, 6.45) is 7.04. The average Bonchev–Trinajstić information content (AvgIpc) is 3.06. The molecule has 3 heterocycles. The van der Waals surface area contributed by atoms with E-state index in [4.69, 9.17) is 0 Å². The van der Waals surface area contributed by atoms with Crippen LogP contribution in [0.25, 0.3) is 11.3 Å². The highest BCUT2D eigenvalue weighted by atomic mass is 16.2. The second-order valence-electron chi connectivity index (χ2n) is 7.12. The summed E-state index contributed by atoms with van der Waals surface area (Å²) in [7, 11) is 0. The maximum absolute atomic E-state index is 13.0. The number of amides is 1. The summed E-state index contributed by atoms with van der Waals surface area (Å²) >= 11 is 0. The van der Waals surface area contributed by atoms with Gasteiger partial charge >= 0.3 is 0 Å². The zero-order valence-electron chi connectivity index (χ0n) is 16.7. The highest BCUT2D eigenvalue weighted by Crippen LogP contribution is 2.22. The fourth-order valence-corrected chi connectivity index (χ4v) is 3.72. The van der Waals surface area contributed by atoms with Gasteiger partial charge in [-0.3, -0.25) is 9.78 Å². The normalized spacial score (nSPS) is 14.5. The van der Waals surface area contributed by atoms with Crippen LogP contribution in [0.2, 0.25) is 0 Å². The zero-order valence-corrected chi connectivity index (χ0v) is 16.7. The summed E-state index contributed by atoms with van der Waals surface area (Å²) in [5.41, 5.74) is 3.92. The number of carbonyl (C=O) groups excluding carboxylic acids is 1. The van der Waals surface area contributed by atoms with Gasteiger partial charge in [0.25, 0.3) is 5.91 Å². The van der Waals surface area contributed by atoms with Crippen LogP contribution >= 0.6 is 0 Å². The van der Waals surface area contributed by atoms with E-state index in [0.717, 1.165) is 49.7 Å². The van der Waals surface area contributed by atoms with Crippen molar-refractivity contribution in [1.82, 2.24) is 19.9 Å². The van der Waals surface area contributed by atoms with Gasteiger partial charge in [-0.25, -0.2) is 9.97 Å². The van der Waals surface area contributed by atoms with E-state index in [-0.39, 0.29) is 5.91 Å². The third-order valence-corrected chi connectivity index (χ3v) is 5.30. The van der Waals surface area contributed by atoms with Gasteiger partial charge in [0, 0.05) is 50.3 Å². The molecule has 148 valence electrons. The first-order valence-corrected chi connectivity index (χ1v) is 10.1. The second-order valence-corrected chi connectivity index (χ2v) is 7.12. The van der Waals surface area contributed by atoms with Gasteiger partial charge in [-0.1, -0.05) is 31.2 Å². The molecule has 0 spiro atoms. The summed E-state index contributed by atoms with van der Waals surface area (Å²) in [5, 5.41) is 0. The molecular formula is C23H25N5O. The van der Waals surface area contributed by atoms with Crippen molar-refractivity contribution in [3.63, 3.8) is 0 Å². The van der Waals surface area contributed by atoms with Gasteiger partial charge < -0.3 is 9.80 Å². The summed E-state index contributed by atoms with van der Waals surface area (Å²) in [6, 6.07) is 13.9. The topological polar surface area (TPSA) is 62.2 Å². The van der Waals surface area contributed by atoms with E-state index >= 15 is 0 Å². The number of hydrogen-bond donors (Lipinski definition) is 0. The molecule has 2 aromatic heterocycles. The minimum absolute atomic E-state index is 0.0312. The van der Waals surface area contributed by atoms with E-state index in [9.17, 15) is 4.79 Å². The Bertz CT molecular complexity index is 959. The van der Waals surface area contributed by atoms with Gasteiger partial charge in [0.2, 0.25) is 5.95 Å². The van der Waals surface area contributed by atoms with Gasteiger partial charge in [-0.15, -0.1) is 0 Å². The third kappa shape index (κ3) is 4.26. The number of rotatable bonds is 4. The summed E-state index contributed by atoms with van der Waals surface area (Å²) in [4.78, 5) is 30.3. The Hall–Kier alpha value is -3.28.